The zero-order valence-electron chi connectivity index (χ0n) is 9.98. The van der Waals surface area contributed by atoms with E-state index in [1.54, 1.807) is 7.11 Å². The zero-order chi connectivity index (χ0) is 13.0. The third-order valence-electron chi connectivity index (χ3n) is 2.46. The second-order valence-electron chi connectivity index (χ2n) is 3.68. The summed E-state index contributed by atoms with van der Waals surface area (Å²) >= 11 is 7.38. The van der Waals surface area contributed by atoms with Crippen molar-refractivity contribution >= 4 is 22.9 Å². The van der Waals surface area contributed by atoms with Crippen LogP contribution in [-0.2, 0) is 13.2 Å². The lowest BCUT2D eigenvalue weighted by molar-refractivity contribution is 0.287. The fraction of sp³-hybridized carbons (Fsp3) is 0.231. The van der Waals surface area contributed by atoms with Crippen molar-refractivity contribution in [3.05, 3.63) is 45.1 Å². The van der Waals surface area contributed by atoms with Crippen molar-refractivity contribution in [1.29, 1.82) is 0 Å². The van der Waals surface area contributed by atoms with E-state index >= 15 is 0 Å². The molecule has 2 aromatic rings. The third-order valence-corrected chi connectivity index (χ3v) is 3.67. The number of thiophene rings is 1. The summed E-state index contributed by atoms with van der Waals surface area (Å²) in [4.78, 5) is 1.07. The molecule has 0 unspecified atom stereocenters. The van der Waals surface area contributed by atoms with Crippen molar-refractivity contribution in [3.63, 3.8) is 0 Å². The Morgan fingerprint density at radius 1 is 1.22 bits per heavy atom. The Bertz CT molecular complexity index is 527. The minimum Gasteiger partial charge on any atom is -0.493 e. The van der Waals surface area contributed by atoms with Gasteiger partial charge in [0.15, 0.2) is 11.5 Å². The van der Waals surface area contributed by atoms with Crippen LogP contribution in [0.25, 0.3) is 0 Å². The summed E-state index contributed by atoms with van der Waals surface area (Å²) in [5, 5.41) is 0. The Labute approximate surface area is 115 Å². The highest BCUT2D eigenvalue weighted by molar-refractivity contribution is 7.16. The third kappa shape index (κ3) is 3.16. The quantitative estimate of drug-likeness (QED) is 0.914. The number of benzene rings is 1. The van der Waals surface area contributed by atoms with Gasteiger partial charge in [-0.3, -0.25) is 0 Å². The number of nitrogens with two attached hydrogens (primary N) is 1. The maximum Gasteiger partial charge on any atom is 0.162 e. The van der Waals surface area contributed by atoms with Gasteiger partial charge in [-0.1, -0.05) is 17.7 Å². The minimum absolute atomic E-state index is 0.474. The van der Waals surface area contributed by atoms with E-state index in [1.807, 2.05) is 30.3 Å². The topological polar surface area (TPSA) is 44.5 Å². The summed E-state index contributed by atoms with van der Waals surface area (Å²) in [6.45, 7) is 0.951. The predicted octanol–water partition coefficient (Wildman–Crippen LogP) is 3.45. The molecule has 5 heteroatoms. The van der Waals surface area contributed by atoms with Gasteiger partial charge < -0.3 is 15.2 Å². The number of ether oxygens (including phenoxy) is 2. The van der Waals surface area contributed by atoms with E-state index in [4.69, 9.17) is 26.8 Å². The van der Waals surface area contributed by atoms with Crippen LogP contribution in [0, 0.1) is 0 Å². The maximum atomic E-state index is 5.87. The van der Waals surface area contributed by atoms with Gasteiger partial charge in [0, 0.05) is 11.4 Å². The largest absolute Gasteiger partial charge is 0.493 e. The number of hydrogen-bond acceptors (Lipinski definition) is 4. The van der Waals surface area contributed by atoms with Gasteiger partial charge in [-0.25, -0.2) is 0 Å². The SMILES string of the molecule is COc1ccc(CN)cc1OCc1ccc(Cl)s1. The first kappa shape index (κ1) is 13.2. The molecule has 18 heavy (non-hydrogen) atoms. The molecule has 0 bridgehead atoms. The summed E-state index contributed by atoms with van der Waals surface area (Å²) < 4.78 is 11.8. The molecule has 3 nitrogen and oxygen atoms in total. The molecule has 0 saturated heterocycles. The second kappa shape index (κ2) is 6.09. The molecular weight excluding hydrogens is 270 g/mol. The van der Waals surface area contributed by atoms with Crippen molar-refractivity contribution in [1.82, 2.24) is 0 Å². The normalized spacial score (nSPS) is 10.4. The van der Waals surface area contributed by atoms with Crippen LogP contribution in [0.4, 0.5) is 0 Å². The molecular formula is C13H14ClNO2S. The second-order valence-corrected chi connectivity index (χ2v) is 5.48. The highest BCUT2D eigenvalue weighted by Gasteiger charge is 2.06. The first-order chi connectivity index (χ1) is 8.72. The predicted molar refractivity (Wildman–Crippen MR) is 74.5 cm³/mol. The fourth-order valence-electron chi connectivity index (χ4n) is 1.54. The Hall–Kier alpha value is -1.23. The van der Waals surface area contributed by atoms with E-state index in [0.29, 0.717) is 24.7 Å². The Balaban J connectivity index is 2.11. The number of hydrogen-bond donors (Lipinski definition) is 1. The zero-order valence-corrected chi connectivity index (χ0v) is 11.6. The molecule has 0 aliphatic rings. The van der Waals surface area contributed by atoms with Crippen molar-refractivity contribution in [2.75, 3.05) is 7.11 Å². The van der Waals surface area contributed by atoms with E-state index in [2.05, 4.69) is 0 Å². The molecule has 0 radical (unpaired) electrons. The van der Waals surface area contributed by atoms with Crippen LogP contribution in [0.3, 0.4) is 0 Å². The molecule has 0 aliphatic carbocycles. The standard InChI is InChI=1S/C13H14ClNO2S/c1-16-11-4-2-9(7-15)6-12(11)17-8-10-3-5-13(14)18-10/h2-6H,7-8,15H2,1H3. The van der Waals surface area contributed by atoms with E-state index in [1.165, 1.54) is 11.3 Å². The van der Waals surface area contributed by atoms with Gasteiger partial charge in [0.05, 0.1) is 11.4 Å². The number of halogens is 1. The molecule has 1 aromatic carbocycles. The Morgan fingerprint density at radius 3 is 2.67 bits per heavy atom. The summed E-state index contributed by atoms with van der Waals surface area (Å²) in [5.41, 5.74) is 6.62. The molecule has 0 atom stereocenters. The van der Waals surface area contributed by atoms with Crippen LogP contribution < -0.4 is 15.2 Å². The van der Waals surface area contributed by atoms with E-state index in [0.717, 1.165) is 14.8 Å². The first-order valence-electron chi connectivity index (χ1n) is 5.47. The average molecular weight is 284 g/mol. The van der Waals surface area contributed by atoms with Crippen molar-refractivity contribution < 1.29 is 9.47 Å². The van der Waals surface area contributed by atoms with E-state index < -0.39 is 0 Å². The fourth-order valence-corrected chi connectivity index (χ4v) is 2.54. The smallest absolute Gasteiger partial charge is 0.162 e. The monoisotopic (exact) mass is 283 g/mol. The Morgan fingerprint density at radius 2 is 2.06 bits per heavy atom. The minimum atomic E-state index is 0.474. The molecule has 0 amide bonds. The van der Waals surface area contributed by atoms with Crippen LogP contribution >= 0.6 is 22.9 Å². The summed E-state index contributed by atoms with van der Waals surface area (Å²) in [7, 11) is 1.62. The van der Waals surface area contributed by atoms with Crippen LogP contribution in [0.5, 0.6) is 11.5 Å². The summed E-state index contributed by atoms with van der Waals surface area (Å²) in [5.74, 6) is 1.40. The average Bonchev–Trinajstić information content (AvgIpc) is 2.81. The van der Waals surface area contributed by atoms with Gasteiger partial charge in [-0.2, -0.15) is 0 Å². The first-order valence-corrected chi connectivity index (χ1v) is 6.66. The summed E-state index contributed by atoms with van der Waals surface area (Å²) in [6.07, 6.45) is 0. The van der Waals surface area contributed by atoms with Crippen molar-refractivity contribution in [3.8, 4) is 11.5 Å². The van der Waals surface area contributed by atoms with Gasteiger partial charge in [0.2, 0.25) is 0 Å². The lowest BCUT2D eigenvalue weighted by Crippen LogP contribution is -2.00. The van der Waals surface area contributed by atoms with Crippen LogP contribution in [0.2, 0.25) is 4.34 Å². The lowest BCUT2D eigenvalue weighted by Gasteiger charge is -2.11. The lowest BCUT2D eigenvalue weighted by atomic mass is 10.2. The molecule has 0 aliphatic heterocycles. The number of methoxy groups -OCH3 is 1. The highest BCUT2D eigenvalue weighted by Crippen LogP contribution is 2.30. The van der Waals surface area contributed by atoms with Crippen LogP contribution in [-0.4, -0.2) is 7.11 Å². The number of rotatable bonds is 5. The van der Waals surface area contributed by atoms with Crippen LogP contribution in [0.15, 0.2) is 30.3 Å². The molecule has 2 rings (SSSR count). The maximum absolute atomic E-state index is 5.87. The van der Waals surface area contributed by atoms with Crippen molar-refractivity contribution in [2.45, 2.75) is 13.2 Å². The van der Waals surface area contributed by atoms with E-state index in [-0.39, 0.29) is 0 Å². The van der Waals surface area contributed by atoms with Gasteiger partial charge in [0.1, 0.15) is 6.61 Å². The molecule has 2 N–H and O–H groups in total. The van der Waals surface area contributed by atoms with Gasteiger partial charge in [-0.05, 0) is 29.8 Å². The van der Waals surface area contributed by atoms with Crippen LogP contribution in [0.1, 0.15) is 10.4 Å². The molecule has 0 spiro atoms. The molecule has 0 fully saturated rings. The molecule has 1 heterocycles. The van der Waals surface area contributed by atoms with Gasteiger partial charge >= 0.3 is 0 Å². The molecule has 96 valence electrons. The summed E-state index contributed by atoms with van der Waals surface area (Å²) in [6, 6.07) is 9.49. The molecule has 0 saturated carbocycles. The Kier molecular flexibility index (Phi) is 4.47. The highest BCUT2D eigenvalue weighted by atomic mass is 35.5. The van der Waals surface area contributed by atoms with Gasteiger partial charge in [0.25, 0.3) is 0 Å². The van der Waals surface area contributed by atoms with Gasteiger partial charge in [-0.15, -0.1) is 11.3 Å². The van der Waals surface area contributed by atoms with E-state index in [9.17, 15) is 0 Å². The molecule has 1 aromatic heterocycles. The van der Waals surface area contributed by atoms with Crippen molar-refractivity contribution in [2.24, 2.45) is 5.73 Å².